The van der Waals surface area contributed by atoms with Crippen LogP contribution in [0.25, 0.3) is 11.0 Å². The van der Waals surface area contributed by atoms with Gasteiger partial charge in [-0.25, -0.2) is 9.37 Å². The summed E-state index contributed by atoms with van der Waals surface area (Å²) < 4.78 is 15.5. The quantitative estimate of drug-likeness (QED) is 0.696. The zero-order valence-electron chi connectivity index (χ0n) is 9.00. The lowest BCUT2D eigenvalue weighted by Gasteiger charge is -2.23. The van der Waals surface area contributed by atoms with Gasteiger partial charge in [0.1, 0.15) is 11.6 Å². The predicted octanol–water partition coefficient (Wildman–Crippen LogP) is 3.42. The highest BCUT2D eigenvalue weighted by molar-refractivity contribution is 6.16. The summed E-state index contributed by atoms with van der Waals surface area (Å²) in [5, 5.41) is 0. The van der Waals surface area contributed by atoms with Crippen molar-refractivity contribution in [2.75, 3.05) is 0 Å². The number of rotatable bonds is 1. The van der Waals surface area contributed by atoms with Gasteiger partial charge in [-0.15, -0.1) is 11.6 Å². The monoisotopic (exact) mass is 238 g/mol. The Bertz CT molecular complexity index is 562. The number of benzene rings is 1. The van der Waals surface area contributed by atoms with Crippen LogP contribution in [-0.4, -0.2) is 9.55 Å². The molecule has 2 heterocycles. The van der Waals surface area contributed by atoms with Crippen molar-refractivity contribution in [3.8, 4) is 0 Å². The van der Waals surface area contributed by atoms with E-state index in [4.69, 9.17) is 11.6 Å². The highest BCUT2D eigenvalue weighted by atomic mass is 35.5. The molecular weight excluding hydrogens is 227 g/mol. The molecule has 1 aliphatic rings. The van der Waals surface area contributed by atoms with E-state index in [2.05, 4.69) is 16.5 Å². The topological polar surface area (TPSA) is 17.8 Å². The van der Waals surface area contributed by atoms with E-state index in [-0.39, 0.29) is 5.82 Å². The molecule has 0 radical (unpaired) electrons. The first-order chi connectivity index (χ1) is 7.70. The van der Waals surface area contributed by atoms with Gasteiger partial charge in [0, 0.05) is 12.1 Å². The molecule has 84 valence electrons. The average molecular weight is 239 g/mol. The lowest BCUT2D eigenvalue weighted by atomic mass is 10.00. The second-order valence-electron chi connectivity index (χ2n) is 4.35. The molecule has 2 nitrogen and oxygen atoms in total. The first-order valence-electron chi connectivity index (χ1n) is 5.46. The Balaban J connectivity index is 2.42. The maximum atomic E-state index is 13.4. The molecule has 4 heteroatoms. The minimum Gasteiger partial charge on any atom is -0.324 e. The second-order valence-corrected chi connectivity index (χ2v) is 4.62. The van der Waals surface area contributed by atoms with Crippen molar-refractivity contribution in [3.63, 3.8) is 0 Å². The molecule has 16 heavy (non-hydrogen) atoms. The molecule has 0 N–H and O–H groups in total. The molecule has 0 amide bonds. The average Bonchev–Trinajstić information content (AvgIpc) is 2.63. The predicted molar refractivity (Wildman–Crippen MR) is 62.3 cm³/mol. The highest BCUT2D eigenvalue weighted by Gasteiger charge is 2.22. The first-order valence-corrected chi connectivity index (χ1v) is 5.99. The fourth-order valence-corrected chi connectivity index (χ4v) is 2.77. The lowest BCUT2D eigenvalue weighted by Crippen LogP contribution is -2.14. The number of hydrogen-bond acceptors (Lipinski definition) is 1. The Labute approximate surface area is 98.0 Å². The summed E-state index contributed by atoms with van der Waals surface area (Å²) in [5.41, 5.74) is 2.85. The molecular formula is C12H12ClFN2. The van der Waals surface area contributed by atoms with Crippen molar-refractivity contribution in [1.29, 1.82) is 0 Å². The van der Waals surface area contributed by atoms with Crippen molar-refractivity contribution in [1.82, 2.24) is 9.55 Å². The largest absolute Gasteiger partial charge is 0.324 e. The molecule has 0 bridgehead atoms. The number of alkyl halides is 1. The van der Waals surface area contributed by atoms with Crippen LogP contribution in [0.3, 0.4) is 0 Å². The minimum atomic E-state index is -0.206. The van der Waals surface area contributed by atoms with Gasteiger partial charge in [-0.3, -0.25) is 0 Å². The van der Waals surface area contributed by atoms with Crippen LogP contribution in [0, 0.1) is 5.82 Å². The van der Waals surface area contributed by atoms with Crippen molar-refractivity contribution >= 4 is 22.6 Å². The second kappa shape index (κ2) is 3.45. The molecule has 0 saturated heterocycles. The molecule has 0 fully saturated rings. The van der Waals surface area contributed by atoms with Crippen molar-refractivity contribution in [3.05, 3.63) is 29.3 Å². The van der Waals surface area contributed by atoms with Crippen molar-refractivity contribution < 1.29 is 4.39 Å². The van der Waals surface area contributed by atoms with E-state index >= 15 is 0 Å². The fraction of sp³-hybridized carbons (Fsp3) is 0.417. The number of hydrogen-bond donors (Lipinski definition) is 0. The summed E-state index contributed by atoms with van der Waals surface area (Å²) in [6.45, 7) is 2.16. The molecule has 1 aromatic heterocycles. The van der Waals surface area contributed by atoms with Crippen LogP contribution in [0.1, 0.15) is 30.8 Å². The number of nitrogens with zero attached hydrogens (tertiary/aromatic N) is 2. The summed E-state index contributed by atoms with van der Waals surface area (Å²) in [4.78, 5) is 4.41. The standard InChI is InChI=1S/C12H12ClFN2/c1-7-2-3-8-4-9(14)5-10-12(8)16(7)11(6-13)15-10/h4-5,7H,2-3,6H2,1H3/t7-/m0/s1. The third-order valence-electron chi connectivity index (χ3n) is 3.29. The van der Waals surface area contributed by atoms with Crippen LogP contribution in [0.15, 0.2) is 12.1 Å². The number of imidazole rings is 1. The summed E-state index contributed by atoms with van der Waals surface area (Å²) in [6.07, 6.45) is 1.94. The summed E-state index contributed by atoms with van der Waals surface area (Å²) in [6, 6.07) is 3.50. The van der Waals surface area contributed by atoms with E-state index in [1.807, 2.05) is 0 Å². The molecule has 0 unspecified atom stereocenters. The third-order valence-corrected chi connectivity index (χ3v) is 3.53. The van der Waals surface area contributed by atoms with Gasteiger partial charge in [0.25, 0.3) is 0 Å². The van der Waals surface area contributed by atoms with Gasteiger partial charge in [-0.1, -0.05) is 0 Å². The minimum absolute atomic E-state index is 0.206. The molecule has 0 spiro atoms. The van der Waals surface area contributed by atoms with Gasteiger partial charge in [-0.2, -0.15) is 0 Å². The van der Waals surface area contributed by atoms with Crippen LogP contribution in [0.5, 0.6) is 0 Å². The molecule has 1 aromatic carbocycles. The van der Waals surface area contributed by atoms with Gasteiger partial charge < -0.3 is 4.57 Å². The maximum absolute atomic E-state index is 13.4. The number of aromatic nitrogens is 2. The highest BCUT2D eigenvalue weighted by Crippen LogP contribution is 2.33. The van der Waals surface area contributed by atoms with E-state index in [0.717, 1.165) is 35.3 Å². The molecule has 1 aliphatic heterocycles. The molecule has 1 atom stereocenters. The van der Waals surface area contributed by atoms with Crippen LogP contribution in [0.4, 0.5) is 4.39 Å². The summed E-state index contributed by atoms with van der Waals surface area (Å²) in [7, 11) is 0. The normalized spacial score (nSPS) is 19.3. The van der Waals surface area contributed by atoms with E-state index < -0.39 is 0 Å². The Kier molecular flexibility index (Phi) is 2.18. The zero-order chi connectivity index (χ0) is 11.3. The van der Waals surface area contributed by atoms with Gasteiger partial charge in [-0.05, 0) is 31.4 Å². The van der Waals surface area contributed by atoms with E-state index in [9.17, 15) is 4.39 Å². The number of halogens is 2. The third kappa shape index (κ3) is 1.27. The van der Waals surface area contributed by atoms with Crippen LogP contribution < -0.4 is 0 Å². The Morgan fingerprint density at radius 3 is 3.12 bits per heavy atom. The smallest absolute Gasteiger partial charge is 0.125 e. The van der Waals surface area contributed by atoms with Gasteiger partial charge in [0.2, 0.25) is 0 Å². The van der Waals surface area contributed by atoms with Crippen molar-refractivity contribution in [2.45, 2.75) is 31.7 Å². The SMILES string of the molecule is C[C@H]1CCc2cc(F)cc3nc(CCl)n1c23. The molecule has 2 aromatic rings. The van der Waals surface area contributed by atoms with E-state index in [1.54, 1.807) is 6.07 Å². The summed E-state index contributed by atoms with van der Waals surface area (Å²) in [5.74, 6) is 1.01. The molecule has 3 rings (SSSR count). The lowest BCUT2D eigenvalue weighted by molar-refractivity contribution is 0.488. The Morgan fingerprint density at radius 1 is 1.56 bits per heavy atom. The fourth-order valence-electron chi connectivity index (χ4n) is 2.58. The van der Waals surface area contributed by atoms with Gasteiger partial charge in [0.15, 0.2) is 0 Å². The maximum Gasteiger partial charge on any atom is 0.125 e. The van der Waals surface area contributed by atoms with E-state index in [1.165, 1.54) is 6.07 Å². The van der Waals surface area contributed by atoms with Crippen LogP contribution in [-0.2, 0) is 12.3 Å². The molecule has 0 aliphatic carbocycles. The van der Waals surface area contributed by atoms with Crippen molar-refractivity contribution in [2.24, 2.45) is 0 Å². The van der Waals surface area contributed by atoms with Gasteiger partial charge in [0.05, 0.1) is 16.9 Å². The Morgan fingerprint density at radius 2 is 2.38 bits per heavy atom. The molecule has 0 saturated carbocycles. The summed E-state index contributed by atoms with van der Waals surface area (Å²) >= 11 is 5.89. The van der Waals surface area contributed by atoms with Crippen LogP contribution in [0.2, 0.25) is 0 Å². The van der Waals surface area contributed by atoms with E-state index in [0.29, 0.717) is 11.9 Å². The first kappa shape index (κ1) is 10.1. The van der Waals surface area contributed by atoms with Crippen LogP contribution >= 0.6 is 11.6 Å². The number of aryl methyl sites for hydroxylation is 1. The van der Waals surface area contributed by atoms with Gasteiger partial charge >= 0.3 is 0 Å². The Hall–Kier alpha value is -1.09. The zero-order valence-corrected chi connectivity index (χ0v) is 9.76.